The molecule has 152 valence electrons. The van der Waals surface area contributed by atoms with Gasteiger partial charge in [0.1, 0.15) is 21.8 Å². The SMILES string of the molecule is CC[C@H](C)c1nc(N2CCN(C(=O)[C@@H](C)Cl)CC2)c2c3c(sc2n1)CCCC3. The van der Waals surface area contributed by atoms with E-state index in [4.69, 9.17) is 21.6 Å². The summed E-state index contributed by atoms with van der Waals surface area (Å²) in [5.74, 6) is 2.42. The van der Waals surface area contributed by atoms with Crippen LogP contribution in [0.15, 0.2) is 0 Å². The van der Waals surface area contributed by atoms with Crippen LogP contribution in [-0.4, -0.2) is 52.3 Å². The van der Waals surface area contributed by atoms with Gasteiger partial charge in [0.2, 0.25) is 5.91 Å². The molecule has 3 heterocycles. The number of rotatable bonds is 4. The highest BCUT2D eigenvalue weighted by Gasteiger charge is 2.28. The molecule has 0 aromatic carbocycles. The van der Waals surface area contributed by atoms with Crippen LogP contribution >= 0.6 is 22.9 Å². The Morgan fingerprint density at radius 2 is 1.86 bits per heavy atom. The molecule has 1 aliphatic carbocycles. The van der Waals surface area contributed by atoms with Crippen molar-refractivity contribution in [3.05, 3.63) is 16.3 Å². The molecule has 0 N–H and O–H groups in total. The summed E-state index contributed by atoms with van der Waals surface area (Å²) in [6, 6.07) is 0. The van der Waals surface area contributed by atoms with Crippen molar-refractivity contribution >= 4 is 44.9 Å². The first kappa shape index (κ1) is 19.9. The molecule has 2 aromatic rings. The third-order valence-electron chi connectivity index (χ3n) is 6.10. The van der Waals surface area contributed by atoms with Gasteiger partial charge in [-0.05, 0) is 44.6 Å². The second kappa shape index (κ2) is 8.15. The number of carbonyl (C=O) groups excluding carboxylic acids is 1. The predicted octanol–water partition coefficient (Wildman–Crippen LogP) is 4.36. The monoisotopic (exact) mass is 420 g/mol. The van der Waals surface area contributed by atoms with E-state index in [9.17, 15) is 4.79 Å². The number of piperazine rings is 1. The molecule has 2 atom stereocenters. The highest BCUT2D eigenvalue weighted by atomic mass is 35.5. The van der Waals surface area contributed by atoms with Crippen LogP contribution in [0.2, 0.25) is 0 Å². The van der Waals surface area contributed by atoms with E-state index in [1.165, 1.54) is 35.1 Å². The highest BCUT2D eigenvalue weighted by Crippen LogP contribution is 2.40. The number of alkyl halides is 1. The van der Waals surface area contributed by atoms with Crippen molar-refractivity contribution in [2.75, 3.05) is 31.1 Å². The summed E-state index contributed by atoms with van der Waals surface area (Å²) in [6.45, 7) is 9.14. The van der Waals surface area contributed by atoms with Gasteiger partial charge in [-0.15, -0.1) is 22.9 Å². The fraction of sp³-hybridized carbons (Fsp3) is 0.667. The molecule has 4 rings (SSSR count). The van der Waals surface area contributed by atoms with Crippen LogP contribution in [0.3, 0.4) is 0 Å². The van der Waals surface area contributed by atoms with Crippen LogP contribution in [-0.2, 0) is 17.6 Å². The molecule has 1 fully saturated rings. The Morgan fingerprint density at radius 3 is 2.54 bits per heavy atom. The number of nitrogens with zero attached hydrogens (tertiary/aromatic N) is 4. The Hall–Kier alpha value is -1.40. The van der Waals surface area contributed by atoms with Crippen molar-refractivity contribution in [3.63, 3.8) is 0 Å². The third-order valence-corrected chi connectivity index (χ3v) is 7.47. The first-order valence-corrected chi connectivity index (χ1v) is 11.7. The van der Waals surface area contributed by atoms with Crippen LogP contribution < -0.4 is 4.90 Å². The fourth-order valence-corrected chi connectivity index (χ4v) is 5.58. The van der Waals surface area contributed by atoms with Gasteiger partial charge in [-0.25, -0.2) is 9.97 Å². The van der Waals surface area contributed by atoms with Crippen LogP contribution in [0.1, 0.15) is 62.2 Å². The van der Waals surface area contributed by atoms with Crippen molar-refractivity contribution in [2.45, 2.75) is 64.2 Å². The van der Waals surface area contributed by atoms with Gasteiger partial charge in [-0.3, -0.25) is 4.79 Å². The van der Waals surface area contributed by atoms with E-state index in [0.717, 1.165) is 42.4 Å². The molecule has 2 aromatic heterocycles. The largest absolute Gasteiger partial charge is 0.352 e. The fourth-order valence-electron chi connectivity index (χ4n) is 4.18. The number of fused-ring (bicyclic) bond motifs is 3. The summed E-state index contributed by atoms with van der Waals surface area (Å²) in [7, 11) is 0. The third kappa shape index (κ3) is 3.61. The Balaban J connectivity index is 1.71. The zero-order valence-corrected chi connectivity index (χ0v) is 18.6. The molecular weight excluding hydrogens is 392 g/mol. The minimum Gasteiger partial charge on any atom is -0.352 e. The Bertz CT molecular complexity index is 873. The number of thiophene rings is 1. The maximum absolute atomic E-state index is 12.2. The molecule has 0 bridgehead atoms. The molecule has 5 nitrogen and oxygen atoms in total. The lowest BCUT2D eigenvalue weighted by molar-refractivity contribution is -0.130. The van der Waals surface area contributed by atoms with Crippen molar-refractivity contribution < 1.29 is 4.79 Å². The maximum Gasteiger partial charge on any atom is 0.240 e. The van der Waals surface area contributed by atoms with Gasteiger partial charge >= 0.3 is 0 Å². The summed E-state index contributed by atoms with van der Waals surface area (Å²) in [5, 5.41) is 0.815. The van der Waals surface area contributed by atoms with E-state index >= 15 is 0 Å². The number of hydrogen-bond acceptors (Lipinski definition) is 5. The molecule has 0 saturated carbocycles. The van der Waals surface area contributed by atoms with Gasteiger partial charge in [0.05, 0.1) is 5.39 Å². The van der Waals surface area contributed by atoms with Crippen LogP contribution in [0, 0.1) is 0 Å². The topological polar surface area (TPSA) is 49.3 Å². The van der Waals surface area contributed by atoms with E-state index in [1.54, 1.807) is 6.92 Å². The van der Waals surface area contributed by atoms with E-state index in [-0.39, 0.29) is 5.91 Å². The Kier molecular flexibility index (Phi) is 5.79. The average molecular weight is 421 g/mol. The number of aryl methyl sites for hydroxylation is 2. The molecule has 2 aliphatic rings. The van der Waals surface area contributed by atoms with E-state index in [1.807, 2.05) is 16.2 Å². The first-order chi connectivity index (χ1) is 13.5. The zero-order chi connectivity index (χ0) is 19.8. The Labute approximate surface area is 176 Å². The number of hydrogen-bond donors (Lipinski definition) is 0. The highest BCUT2D eigenvalue weighted by molar-refractivity contribution is 7.19. The van der Waals surface area contributed by atoms with Crippen LogP contribution in [0.5, 0.6) is 0 Å². The molecule has 0 spiro atoms. The van der Waals surface area contributed by atoms with Crippen molar-refractivity contribution in [2.24, 2.45) is 0 Å². The van der Waals surface area contributed by atoms with E-state index in [2.05, 4.69) is 18.7 Å². The maximum atomic E-state index is 12.2. The number of halogens is 1. The second-order valence-corrected chi connectivity index (χ2v) is 9.77. The van der Waals surface area contributed by atoms with Gasteiger partial charge in [-0.1, -0.05) is 13.8 Å². The average Bonchev–Trinajstić information content (AvgIpc) is 3.10. The van der Waals surface area contributed by atoms with Crippen molar-refractivity contribution in [1.29, 1.82) is 0 Å². The van der Waals surface area contributed by atoms with Gasteiger partial charge in [0.25, 0.3) is 0 Å². The van der Waals surface area contributed by atoms with Crippen molar-refractivity contribution in [3.8, 4) is 0 Å². The summed E-state index contributed by atoms with van der Waals surface area (Å²) in [6.07, 6.45) is 5.87. The second-order valence-electron chi connectivity index (χ2n) is 8.03. The number of aromatic nitrogens is 2. The van der Waals surface area contributed by atoms with Crippen LogP contribution in [0.25, 0.3) is 10.2 Å². The standard InChI is InChI=1S/C21H29ClN4OS/c1-4-13(2)18-23-19(25-9-11-26(12-10-25)21(27)14(3)22)17-15-7-5-6-8-16(15)28-20(17)24-18/h13-14H,4-12H2,1-3H3/t13-,14+/m0/s1. The van der Waals surface area contributed by atoms with Gasteiger partial charge in [0, 0.05) is 37.0 Å². The minimum absolute atomic E-state index is 0.0300. The zero-order valence-electron chi connectivity index (χ0n) is 17.0. The molecule has 0 unspecified atom stereocenters. The van der Waals surface area contributed by atoms with Gasteiger partial charge in [-0.2, -0.15) is 0 Å². The lowest BCUT2D eigenvalue weighted by Crippen LogP contribution is -2.50. The molecule has 0 radical (unpaired) electrons. The molecular formula is C21H29ClN4OS. The summed E-state index contributed by atoms with van der Waals surface area (Å²) < 4.78 is 0. The van der Waals surface area contributed by atoms with Gasteiger partial charge in [0.15, 0.2) is 0 Å². The first-order valence-electron chi connectivity index (χ1n) is 10.5. The molecule has 7 heteroatoms. The number of amides is 1. The lowest BCUT2D eigenvalue weighted by Gasteiger charge is -2.36. The van der Waals surface area contributed by atoms with E-state index in [0.29, 0.717) is 19.0 Å². The lowest BCUT2D eigenvalue weighted by atomic mass is 9.96. The summed E-state index contributed by atoms with van der Waals surface area (Å²) in [5.41, 5.74) is 1.48. The summed E-state index contributed by atoms with van der Waals surface area (Å²) >= 11 is 7.87. The smallest absolute Gasteiger partial charge is 0.240 e. The van der Waals surface area contributed by atoms with E-state index < -0.39 is 5.38 Å². The number of carbonyl (C=O) groups is 1. The van der Waals surface area contributed by atoms with Crippen LogP contribution in [0.4, 0.5) is 5.82 Å². The molecule has 1 aliphatic heterocycles. The van der Waals surface area contributed by atoms with Crippen molar-refractivity contribution in [1.82, 2.24) is 14.9 Å². The predicted molar refractivity (Wildman–Crippen MR) is 117 cm³/mol. The molecule has 28 heavy (non-hydrogen) atoms. The summed E-state index contributed by atoms with van der Waals surface area (Å²) in [4.78, 5) is 29.2. The minimum atomic E-state index is -0.460. The Morgan fingerprint density at radius 1 is 1.14 bits per heavy atom. The van der Waals surface area contributed by atoms with Gasteiger partial charge < -0.3 is 9.80 Å². The molecule has 1 saturated heterocycles. The normalized spacial score (nSPS) is 19.6. The molecule has 1 amide bonds. The number of anilines is 1. The quantitative estimate of drug-likeness (QED) is 0.689.